The number of hydrogen-bond acceptors (Lipinski definition) is 6. The summed E-state index contributed by atoms with van der Waals surface area (Å²) in [6, 6.07) is 5.52. The van der Waals surface area contributed by atoms with Crippen molar-refractivity contribution in [1.29, 1.82) is 0 Å². The Morgan fingerprint density at radius 2 is 1.57 bits per heavy atom. The molecule has 1 aromatic carbocycles. The molecule has 0 atom stereocenters. The molecule has 0 aliphatic heterocycles. The molecular weight excluding hydrogens is 304 g/mol. The molecule has 0 radical (unpaired) electrons. The number of benzene rings is 1. The maximum Gasteiger partial charge on any atom is 0.338 e. The van der Waals surface area contributed by atoms with Gasteiger partial charge in [-0.2, -0.15) is 0 Å². The lowest BCUT2D eigenvalue weighted by atomic mass is 10.1. The molecular formula is C16H22O7. The lowest BCUT2D eigenvalue weighted by Gasteiger charge is -2.16. The third kappa shape index (κ3) is 7.23. The molecule has 0 fully saturated rings. The summed E-state index contributed by atoms with van der Waals surface area (Å²) in [4.78, 5) is 22.5. The number of carboxylic acids is 1. The van der Waals surface area contributed by atoms with Crippen LogP contribution in [0.2, 0.25) is 0 Å². The van der Waals surface area contributed by atoms with Crippen molar-refractivity contribution in [3.05, 3.63) is 35.4 Å². The summed E-state index contributed by atoms with van der Waals surface area (Å²) < 4.78 is 21.0. The quantitative estimate of drug-likeness (QED) is 0.377. The van der Waals surface area contributed by atoms with Gasteiger partial charge in [0.2, 0.25) is 0 Å². The van der Waals surface area contributed by atoms with Crippen molar-refractivity contribution in [2.75, 3.05) is 33.0 Å². The summed E-state index contributed by atoms with van der Waals surface area (Å²) in [6.07, 6.45) is -0.427. The van der Waals surface area contributed by atoms with Gasteiger partial charge in [0.1, 0.15) is 6.61 Å². The monoisotopic (exact) mass is 326 g/mol. The van der Waals surface area contributed by atoms with Gasteiger partial charge in [0.25, 0.3) is 0 Å². The van der Waals surface area contributed by atoms with Gasteiger partial charge in [-0.3, -0.25) is 0 Å². The molecule has 0 aromatic heterocycles. The number of aromatic carboxylic acids is 1. The highest BCUT2D eigenvalue weighted by Gasteiger charge is 2.10. The van der Waals surface area contributed by atoms with E-state index in [4.69, 9.17) is 24.1 Å². The van der Waals surface area contributed by atoms with Crippen LogP contribution in [0.1, 0.15) is 34.6 Å². The van der Waals surface area contributed by atoms with Crippen molar-refractivity contribution >= 4 is 11.9 Å². The molecule has 0 bridgehead atoms. The van der Waals surface area contributed by atoms with E-state index >= 15 is 0 Å². The largest absolute Gasteiger partial charge is 0.478 e. The van der Waals surface area contributed by atoms with Gasteiger partial charge >= 0.3 is 11.9 Å². The van der Waals surface area contributed by atoms with Crippen LogP contribution in [0.5, 0.6) is 0 Å². The van der Waals surface area contributed by atoms with Gasteiger partial charge in [0, 0.05) is 13.2 Å². The molecule has 0 unspecified atom stereocenters. The van der Waals surface area contributed by atoms with Crippen LogP contribution in [0.4, 0.5) is 0 Å². The van der Waals surface area contributed by atoms with E-state index in [0.717, 1.165) is 0 Å². The van der Waals surface area contributed by atoms with E-state index in [9.17, 15) is 9.59 Å². The number of rotatable bonds is 11. The van der Waals surface area contributed by atoms with E-state index in [1.54, 1.807) is 0 Å². The van der Waals surface area contributed by atoms with Gasteiger partial charge in [-0.25, -0.2) is 9.59 Å². The first-order valence-electron chi connectivity index (χ1n) is 7.39. The Labute approximate surface area is 135 Å². The highest BCUT2D eigenvalue weighted by atomic mass is 16.7. The fourth-order valence-corrected chi connectivity index (χ4v) is 1.72. The minimum absolute atomic E-state index is 0.0878. The first kappa shape index (κ1) is 19.1. The normalized spacial score (nSPS) is 10.7. The fraction of sp³-hybridized carbons (Fsp3) is 0.500. The third-order valence-electron chi connectivity index (χ3n) is 2.79. The predicted octanol–water partition coefficient (Wildman–Crippen LogP) is 1.96. The van der Waals surface area contributed by atoms with Crippen LogP contribution in [0.3, 0.4) is 0 Å². The fourth-order valence-electron chi connectivity index (χ4n) is 1.72. The zero-order valence-electron chi connectivity index (χ0n) is 13.3. The molecule has 0 heterocycles. The van der Waals surface area contributed by atoms with Crippen LogP contribution in [-0.4, -0.2) is 56.4 Å². The standard InChI is InChI=1S/C16H22O7/c1-3-21-14(22-4-2)11-20-9-10-23-16(19)13-7-5-12(6-8-13)15(17)18/h5-8,14H,3-4,9-11H2,1-2H3,(H,17,18). The Balaban J connectivity index is 2.27. The molecule has 128 valence electrons. The molecule has 0 saturated heterocycles. The molecule has 0 saturated carbocycles. The topological polar surface area (TPSA) is 91.3 Å². The van der Waals surface area contributed by atoms with Crippen LogP contribution in [0.15, 0.2) is 24.3 Å². The summed E-state index contributed by atoms with van der Waals surface area (Å²) in [5, 5.41) is 8.78. The van der Waals surface area contributed by atoms with Crippen LogP contribution in [0, 0.1) is 0 Å². The van der Waals surface area contributed by atoms with E-state index in [1.165, 1.54) is 24.3 Å². The molecule has 7 heteroatoms. The Bertz CT molecular complexity index is 478. The van der Waals surface area contributed by atoms with Crippen molar-refractivity contribution in [3.8, 4) is 0 Å². The second-order valence-corrected chi connectivity index (χ2v) is 4.43. The molecule has 1 aromatic rings. The molecule has 1 N–H and O–H groups in total. The molecule has 0 aliphatic rings. The lowest BCUT2D eigenvalue weighted by Crippen LogP contribution is -2.24. The van der Waals surface area contributed by atoms with E-state index in [0.29, 0.717) is 13.2 Å². The van der Waals surface area contributed by atoms with Crippen LogP contribution < -0.4 is 0 Å². The van der Waals surface area contributed by atoms with Gasteiger partial charge in [-0.05, 0) is 38.1 Å². The Kier molecular flexibility index (Phi) is 8.89. The van der Waals surface area contributed by atoms with Crippen molar-refractivity contribution in [1.82, 2.24) is 0 Å². The van der Waals surface area contributed by atoms with E-state index in [-0.39, 0.29) is 30.9 Å². The first-order valence-corrected chi connectivity index (χ1v) is 7.39. The van der Waals surface area contributed by atoms with Crippen molar-refractivity contribution in [3.63, 3.8) is 0 Å². The zero-order chi connectivity index (χ0) is 17.1. The summed E-state index contributed by atoms with van der Waals surface area (Å²) in [5.74, 6) is -1.58. The molecule has 0 amide bonds. The highest BCUT2D eigenvalue weighted by molar-refractivity contribution is 5.92. The zero-order valence-corrected chi connectivity index (χ0v) is 13.3. The van der Waals surface area contributed by atoms with Gasteiger partial charge in [0.05, 0.1) is 24.3 Å². The SMILES string of the molecule is CCOC(COCCOC(=O)c1ccc(C(=O)O)cc1)OCC. The average molecular weight is 326 g/mol. The summed E-state index contributed by atoms with van der Waals surface area (Å²) >= 11 is 0. The van der Waals surface area contributed by atoms with Crippen LogP contribution >= 0.6 is 0 Å². The predicted molar refractivity (Wildman–Crippen MR) is 81.5 cm³/mol. The summed E-state index contributed by atoms with van der Waals surface area (Å²) in [5.41, 5.74) is 0.402. The van der Waals surface area contributed by atoms with Gasteiger partial charge in [-0.1, -0.05) is 0 Å². The smallest absolute Gasteiger partial charge is 0.338 e. The molecule has 23 heavy (non-hydrogen) atoms. The van der Waals surface area contributed by atoms with E-state index in [2.05, 4.69) is 0 Å². The number of esters is 1. The minimum atomic E-state index is -1.04. The van der Waals surface area contributed by atoms with Crippen LogP contribution in [-0.2, 0) is 18.9 Å². The Hall–Kier alpha value is -1.96. The lowest BCUT2D eigenvalue weighted by molar-refractivity contribution is -0.168. The molecule has 7 nitrogen and oxygen atoms in total. The molecule has 1 rings (SSSR count). The molecule has 0 spiro atoms. The highest BCUT2D eigenvalue weighted by Crippen LogP contribution is 2.06. The second kappa shape index (κ2) is 10.7. The maximum atomic E-state index is 11.8. The average Bonchev–Trinajstić information content (AvgIpc) is 2.54. The third-order valence-corrected chi connectivity index (χ3v) is 2.79. The number of carboxylic acid groups (broad SMARTS) is 1. The summed E-state index contributed by atoms with van der Waals surface area (Å²) in [6.45, 7) is 5.34. The Morgan fingerprint density at radius 3 is 2.09 bits per heavy atom. The van der Waals surface area contributed by atoms with Crippen molar-refractivity contribution in [2.45, 2.75) is 20.1 Å². The van der Waals surface area contributed by atoms with Crippen LogP contribution in [0.25, 0.3) is 0 Å². The van der Waals surface area contributed by atoms with E-state index in [1.807, 2.05) is 13.8 Å². The number of carbonyl (C=O) groups excluding carboxylic acids is 1. The first-order chi connectivity index (χ1) is 11.1. The van der Waals surface area contributed by atoms with Crippen molar-refractivity contribution < 1.29 is 33.6 Å². The van der Waals surface area contributed by atoms with E-state index < -0.39 is 18.2 Å². The van der Waals surface area contributed by atoms with Gasteiger partial charge < -0.3 is 24.1 Å². The number of hydrogen-bond donors (Lipinski definition) is 1. The Morgan fingerprint density at radius 1 is 1.00 bits per heavy atom. The van der Waals surface area contributed by atoms with Crippen molar-refractivity contribution in [2.24, 2.45) is 0 Å². The minimum Gasteiger partial charge on any atom is -0.478 e. The second-order valence-electron chi connectivity index (χ2n) is 4.43. The number of ether oxygens (including phenoxy) is 4. The number of carbonyl (C=O) groups is 2. The van der Waals surface area contributed by atoms with Gasteiger partial charge in [-0.15, -0.1) is 0 Å². The summed E-state index contributed by atoms with van der Waals surface area (Å²) in [7, 11) is 0. The maximum absolute atomic E-state index is 11.8. The van der Waals surface area contributed by atoms with Gasteiger partial charge in [0.15, 0.2) is 6.29 Å². The molecule has 0 aliphatic carbocycles.